The molecule has 49 heavy (non-hydrogen) atoms. The van der Waals surface area contributed by atoms with E-state index in [0.29, 0.717) is 28.8 Å². The summed E-state index contributed by atoms with van der Waals surface area (Å²) in [7, 11) is -2.83. The molecule has 0 saturated heterocycles. The molecule has 0 radical (unpaired) electrons. The van der Waals surface area contributed by atoms with Crippen LogP contribution in [0.15, 0.2) is 69.1 Å². The average molecular weight is 718 g/mol. The van der Waals surface area contributed by atoms with E-state index in [2.05, 4.69) is 15.1 Å². The Morgan fingerprint density at radius 1 is 1.10 bits per heavy atom. The van der Waals surface area contributed by atoms with Gasteiger partial charge in [0, 0.05) is 12.1 Å². The molecule has 258 valence electrons. The van der Waals surface area contributed by atoms with Crippen LogP contribution in [-0.2, 0) is 21.4 Å². The Balaban J connectivity index is 1.32. The molecule has 2 saturated carbocycles. The van der Waals surface area contributed by atoms with Gasteiger partial charge < -0.3 is 19.5 Å². The van der Waals surface area contributed by atoms with Crippen LogP contribution < -0.4 is 35.5 Å². The minimum Gasteiger partial charge on any atom is -0.497 e. The Hall–Kier alpha value is -4.80. The van der Waals surface area contributed by atoms with Gasteiger partial charge in [-0.2, -0.15) is 14.5 Å². The van der Waals surface area contributed by atoms with Crippen molar-refractivity contribution in [3.8, 4) is 28.7 Å². The van der Waals surface area contributed by atoms with E-state index in [4.69, 9.17) is 25.8 Å². The van der Waals surface area contributed by atoms with Gasteiger partial charge >= 0.3 is 5.69 Å². The molecule has 2 aliphatic rings. The fourth-order valence-corrected chi connectivity index (χ4v) is 6.82. The van der Waals surface area contributed by atoms with Crippen LogP contribution in [-0.4, -0.2) is 47.8 Å². The maximum atomic E-state index is 13.9. The maximum Gasteiger partial charge on any atom is 0.349 e. The first-order valence-corrected chi connectivity index (χ1v) is 16.9. The number of aromatic nitrogens is 3. The van der Waals surface area contributed by atoms with Crippen LogP contribution in [0.1, 0.15) is 48.9 Å². The van der Waals surface area contributed by atoms with Gasteiger partial charge in [0.1, 0.15) is 40.0 Å². The largest absolute Gasteiger partial charge is 0.497 e. The zero-order chi connectivity index (χ0) is 35.1. The third kappa shape index (κ3) is 7.45. The monoisotopic (exact) mass is 717 g/mol. The number of benzene rings is 3. The highest BCUT2D eigenvalue weighted by Gasteiger charge is 2.54. The van der Waals surface area contributed by atoms with Gasteiger partial charge in [-0.05, 0) is 80.1 Å². The van der Waals surface area contributed by atoms with Crippen molar-refractivity contribution in [3.63, 3.8) is 0 Å². The summed E-state index contributed by atoms with van der Waals surface area (Å²) in [5, 5.41) is 6.27. The van der Waals surface area contributed by atoms with Crippen LogP contribution in [0.25, 0.3) is 5.69 Å². The molecule has 0 atom stereocenters. The summed E-state index contributed by atoms with van der Waals surface area (Å²) in [6.45, 7) is 1.56. The molecule has 1 aromatic heterocycles. The van der Waals surface area contributed by atoms with Gasteiger partial charge in [-0.15, -0.1) is 0 Å². The third-order valence-corrected chi connectivity index (χ3v) is 9.76. The van der Waals surface area contributed by atoms with Crippen molar-refractivity contribution in [2.24, 2.45) is 0 Å². The van der Waals surface area contributed by atoms with Gasteiger partial charge in [0.05, 0.1) is 17.8 Å². The molecule has 2 fully saturated rings. The van der Waals surface area contributed by atoms with Gasteiger partial charge in [-0.1, -0.05) is 23.7 Å². The molecule has 6 rings (SSSR count). The summed E-state index contributed by atoms with van der Waals surface area (Å²) in [5.74, 6) is 0.333. The lowest BCUT2D eigenvalue weighted by Gasteiger charge is -2.20. The first kappa shape index (κ1) is 34.1. The number of sulfonamides is 1. The average Bonchev–Trinajstić information content (AvgIpc) is 4.00. The molecule has 0 aliphatic heterocycles. The second kappa shape index (κ2) is 13.2. The van der Waals surface area contributed by atoms with Gasteiger partial charge in [0.2, 0.25) is 15.9 Å². The molecule has 0 unspecified atom stereocenters. The third-order valence-electron chi connectivity index (χ3n) is 7.92. The maximum absolute atomic E-state index is 13.9. The number of methoxy groups -OCH3 is 1. The zero-order valence-electron chi connectivity index (χ0n) is 26.1. The quantitative estimate of drug-likeness (QED) is 0.183. The van der Waals surface area contributed by atoms with Crippen molar-refractivity contribution < 1.29 is 36.2 Å². The fourth-order valence-electron chi connectivity index (χ4n) is 4.94. The van der Waals surface area contributed by atoms with Crippen molar-refractivity contribution in [3.05, 3.63) is 97.3 Å². The lowest BCUT2D eigenvalue weighted by Crippen LogP contribution is -2.49. The molecule has 0 bridgehead atoms. The van der Waals surface area contributed by atoms with E-state index in [1.807, 2.05) is 0 Å². The number of rotatable bonds is 13. The lowest BCUT2D eigenvalue weighted by molar-refractivity contribution is -0.123. The van der Waals surface area contributed by atoms with Crippen molar-refractivity contribution in [1.82, 2.24) is 24.8 Å². The number of nitrogens with one attached hydrogen (secondary N) is 3. The number of carbonyl (C=O) groups is 1. The highest BCUT2D eigenvalue weighted by molar-refractivity contribution is 7.89. The second-order valence-electron chi connectivity index (χ2n) is 11.7. The van der Waals surface area contributed by atoms with E-state index >= 15 is 0 Å². The van der Waals surface area contributed by atoms with Crippen LogP contribution in [0.2, 0.25) is 5.02 Å². The highest BCUT2D eigenvalue weighted by Crippen LogP contribution is 2.41. The SMILES string of the molecule is COc1ccc(COc2ccc(Oc3c(C)cc(-n4nc(C(F)F)c(=O)[nH]c4=O)cc3Cl)cc2S(=O)(=O)NC2(C(=O)NC3CC3)CC2)cc1. The van der Waals surface area contributed by atoms with Crippen LogP contribution in [0.3, 0.4) is 0 Å². The van der Waals surface area contributed by atoms with E-state index in [1.54, 1.807) is 36.2 Å². The first-order chi connectivity index (χ1) is 23.3. The molecule has 0 spiro atoms. The molecule has 3 aromatic carbocycles. The number of hydrogen-bond acceptors (Lipinski definition) is 9. The number of carbonyl (C=O) groups excluding carboxylic acids is 1. The van der Waals surface area contributed by atoms with E-state index in [0.717, 1.165) is 18.4 Å². The standard InChI is InChI=1S/C32H30ClF2N5O8S/c1-17-13-20(40-31(43)37-29(41)26(38-40)28(34)35)14-23(33)27(17)48-22-9-10-24(47-16-18-3-7-21(46-2)8-4-18)25(15-22)49(44,45)39-32(11-12-32)30(42)36-19-5-6-19/h3-4,7-10,13-15,19,28,39H,5-6,11-12,16H2,1-2H3,(H,36,42)(H,37,41,43). The van der Waals surface area contributed by atoms with Crippen molar-refractivity contribution in [2.75, 3.05) is 7.11 Å². The minimum absolute atomic E-state index is 0.00871. The van der Waals surface area contributed by atoms with Crippen molar-refractivity contribution >= 4 is 27.5 Å². The van der Waals surface area contributed by atoms with Crippen LogP contribution in [0.5, 0.6) is 23.0 Å². The van der Waals surface area contributed by atoms with Gasteiger partial charge in [-0.25, -0.2) is 22.0 Å². The summed E-state index contributed by atoms with van der Waals surface area (Å²) in [6, 6.07) is 13.7. The van der Waals surface area contributed by atoms with Crippen LogP contribution in [0, 0.1) is 6.92 Å². The molecule has 2 aliphatic carbocycles. The Labute approximate surface area is 283 Å². The Morgan fingerprint density at radius 2 is 1.80 bits per heavy atom. The van der Waals surface area contributed by atoms with Gasteiger partial charge in [0.15, 0.2) is 5.69 Å². The smallest absolute Gasteiger partial charge is 0.349 e. The number of aromatic amines is 1. The van der Waals surface area contributed by atoms with Gasteiger partial charge in [-0.3, -0.25) is 14.6 Å². The summed E-state index contributed by atoms with van der Waals surface area (Å²) in [5.41, 5.74) is -3.79. The highest BCUT2D eigenvalue weighted by atomic mass is 35.5. The number of H-pyrrole nitrogens is 1. The Morgan fingerprint density at radius 3 is 2.41 bits per heavy atom. The van der Waals surface area contributed by atoms with Crippen molar-refractivity contribution in [2.45, 2.75) is 62.1 Å². The second-order valence-corrected chi connectivity index (χ2v) is 13.8. The topological polar surface area (TPSA) is 171 Å². The Kier molecular flexibility index (Phi) is 9.21. The first-order valence-electron chi connectivity index (χ1n) is 15.0. The predicted octanol–water partition coefficient (Wildman–Crippen LogP) is 4.29. The Bertz CT molecular complexity index is 2130. The van der Waals surface area contributed by atoms with Crippen LogP contribution >= 0.6 is 11.6 Å². The van der Waals surface area contributed by atoms with Gasteiger partial charge in [0.25, 0.3) is 12.0 Å². The molecule has 13 nitrogen and oxygen atoms in total. The molecule has 3 N–H and O–H groups in total. The summed E-state index contributed by atoms with van der Waals surface area (Å²) >= 11 is 6.50. The number of aryl methyl sites for hydroxylation is 1. The number of hydrogen-bond donors (Lipinski definition) is 3. The molecular formula is C32H30ClF2N5O8S. The number of alkyl halides is 2. The minimum atomic E-state index is -4.36. The van der Waals surface area contributed by atoms with E-state index in [9.17, 15) is 31.6 Å². The number of ether oxygens (including phenoxy) is 3. The molecule has 1 amide bonds. The summed E-state index contributed by atoms with van der Waals surface area (Å²) < 4.78 is 74.7. The molecular weight excluding hydrogens is 688 g/mol. The van der Waals surface area contributed by atoms with E-state index in [1.165, 1.54) is 37.4 Å². The van der Waals surface area contributed by atoms with E-state index in [-0.39, 0.29) is 51.4 Å². The molecule has 1 heterocycles. The van der Waals surface area contributed by atoms with Crippen molar-refractivity contribution in [1.29, 1.82) is 0 Å². The molecule has 4 aromatic rings. The fraction of sp³-hybridized carbons (Fsp3) is 0.312. The lowest BCUT2D eigenvalue weighted by atomic mass is 10.2. The predicted molar refractivity (Wildman–Crippen MR) is 172 cm³/mol. The summed E-state index contributed by atoms with van der Waals surface area (Å²) in [4.78, 5) is 38.6. The summed E-state index contributed by atoms with van der Waals surface area (Å²) in [6.07, 6.45) is -0.892. The molecule has 17 heteroatoms. The van der Waals surface area contributed by atoms with E-state index < -0.39 is 38.9 Å². The van der Waals surface area contributed by atoms with Crippen LogP contribution in [0.4, 0.5) is 8.78 Å². The number of nitrogens with zero attached hydrogens (tertiary/aromatic N) is 2. The number of halogens is 3. The normalized spacial score (nSPS) is 15.1. The zero-order valence-corrected chi connectivity index (χ0v) is 27.7. The number of amides is 1.